The molecule has 0 N–H and O–H groups in total. The molecule has 1 aliphatic rings. The third-order valence-electron chi connectivity index (χ3n) is 4.56. The Bertz CT molecular complexity index is 1200. The van der Waals surface area contributed by atoms with Gasteiger partial charge in [0.1, 0.15) is 11.5 Å². The number of aryl methyl sites for hydroxylation is 1. The van der Waals surface area contributed by atoms with Crippen LogP contribution in [0.3, 0.4) is 0 Å². The number of thioether (sulfide) groups is 1. The van der Waals surface area contributed by atoms with Gasteiger partial charge in [0.15, 0.2) is 0 Å². The molecule has 2 amide bonds. The number of rotatable bonds is 4. The van der Waals surface area contributed by atoms with Gasteiger partial charge in [-0.3, -0.25) is 14.5 Å². The molecule has 0 bridgehead atoms. The lowest BCUT2D eigenvalue weighted by atomic mass is 10.1. The van der Waals surface area contributed by atoms with Gasteiger partial charge in [-0.25, -0.2) is 0 Å². The Kier molecular flexibility index (Phi) is 6.11. The van der Waals surface area contributed by atoms with Crippen molar-refractivity contribution in [3.8, 4) is 11.3 Å². The lowest BCUT2D eigenvalue weighted by Crippen LogP contribution is -2.27. The number of halogens is 3. The van der Waals surface area contributed by atoms with E-state index in [-0.39, 0.29) is 17.7 Å². The summed E-state index contributed by atoms with van der Waals surface area (Å²) >= 11 is 16.4. The first-order valence-corrected chi connectivity index (χ1v) is 11.2. The fourth-order valence-electron chi connectivity index (χ4n) is 2.97. The highest BCUT2D eigenvalue weighted by atomic mass is 79.9. The average molecular weight is 523 g/mol. The van der Waals surface area contributed by atoms with Gasteiger partial charge in [-0.05, 0) is 66.2 Å². The van der Waals surface area contributed by atoms with E-state index in [0.29, 0.717) is 32.0 Å². The van der Waals surface area contributed by atoms with Gasteiger partial charge in [0, 0.05) is 26.2 Å². The number of imide groups is 1. The van der Waals surface area contributed by atoms with E-state index < -0.39 is 0 Å². The number of furan rings is 1. The zero-order valence-corrected chi connectivity index (χ0v) is 19.5. The van der Waals surface area contributed by atoms with Crippen LogP contribution in [0.15, 0.2) is 62.3 Å². The number of nitrogens with zero attached hydrogens (tertiary/aromatic N) is 1. The summed E-state index contributed by atoms with van der Waals surface area (Å²) in [5, 5.41) is 0.547. The minimum absolute atomic E-state index is 0.0829. The summed E-state index contributed by atoms with van der Waals surface area (Å²) in [6.45, 7) is 2.08. The normalized spacial score (nSPS) is 15.5. The van der Waals surface area contributed by atoms with E-state index in [2.05, 4.69) is 15.9 Å². The Morgan fingerprint density at radius 1 is 1.10 bits per heavy atom. The second-order valence-corrected chi connectivity index (χ2v) is 9.36. The number of hydrogen-bond acceptors (Lipinski definition) is 4. The van der Waals surface area contributed by atoms with Crippen LogP contribution in [0.2, 0.25) is 10.0 Å². The number of amides is 2. The van der Waals surface area contributed by atoms with Crippen molar-refractivity contribution in [2.24, 2.45) is 0 Å². The van der Waals surface area contributed by atoms with Crippen LogP contribution >= 0.6 is 50.9 Å². The topological polar surface area (TPSA) is 50.5 Å². The third kappa shape index (κ3) is 4.37. The van der Waals surface area contributed by atoms with Crippen LogP contribution < -0.4 is 0 Å². The van der Waals surface area contributed by atoms with E-state index in [1.807, 2.05) is 31.2 Å². The Labute approximate surface area is 196 Å². The Morgan fingerprint density at radius 2 is 1.90 bits per heavy atom. The smallest absolute Gasteiger partial charge is 0.293 e. The standard InChI is InChI=1S/C22H14BrCl2NO3S/c1-12-8-13(3-6-17(12)23)19-7-5-16(29-19)10-20-21(27)26(22(28)30-20)11-14-2-4-15(24)9-18(14)25/h2-10H,11H2,1H3/b20-10-. The molecule has 1 aromatic heterocycles. The molecular weight excluding hydrogens is 509 g/mol. The molecule has 0 unspecified atom stereocenters. The van der Waals surface area contributed by atoms with Crippen molar-refractivity contribution in [3.63, 3.8) is 0 Å². The quantitative estimate of drug-likeness (QED) is 0.331. The van der Waals surface area contributed by atoms with Gasteiger partial charge in [-0.2, -0.15) is 0 Å². The lowest BCUT2D eigenvalue weighted by Gasteiger charge is -2.13. The van der Waals surface area contributed by atoms with Crippen molar-refractivity contribution < 1.29 is 14.0 Å². The van der Waals surface area contributed by atoms with Gasteiger partial charge >= 0.3 is 0 Å². The maximum atomic E-state index is 12.8. The predicted octanol–water partition coefficient (Wildman–Crippen LogP) is 7.56. The zero-order valence-electron chi connectivity index (χ0n) is 15.6. The first-order chi connectivity index (χ1) is 14.3. The van der Waals surface area contributed by atoms with Crippen molar-refractivity contribution in [2.75, 3.05) is 0 Å². The van der Waals surface area contributed by atoms with Crippen LogP contribution in [-0.4, -0.2) is 16.0 Å². The fraction of sp³-hybridized carbons (Fsp3) is 0.0909. The molecule has 1 saturated heterocycles. The first kappa shape index (κ1) is 21.2. The highest BCUT2D eigenvalue weighted by Gasteiger charge is 2.35. The monoisotopic (exact) mass is 521 g/mol. The number of carbonyl (C=O) groups is 2. The van der Waals surface area contributed by atoms with Crippen molar-refractivity contribution in [1.29, 1.82) is 0 Å². The van der Waals surface area contributed by atoms with Crippen molar-refractivity contribution in [1.82, 2.24) is 4.90 Å². The van der Waals surface area contributed by atoms with Crippen LogP contribution in [0.25, 0.3) is 17.4 Å². The van der Waals surface area contributed by atoms with E-state index in [1.165, 1.54) is 0 Å². The van der Waals surface area contributed by atoms with Gasteiger partial charge in [-0.15, -0.1) is 0 Å². The van der Waals surface area contributed by atoms with Crippen LogP contribution in [0, 0.1) is 6.92 Å². The maximum absolute atomic E-state index is 12.8. The molecule has 8 heteroatoms. The van der Waals surface area contributed by atoms with E-state index in [4.69, 9.17) is 27.6 Å². The predicted molar refractivity (Wildman–Crippen MR) is 125 cm³/mol. The van der Waals surface area contributed by atoms with E-state index in [1.54, 1.807) is 30.3 Å². The fourth-order valence-corrected chi connectivity index (χ4v) is 4.50. The lowest BCUT2D eigenvalue weighted by molar-refractivity contribution is -0.123. The molecule has 0 spiro atoms. The van der Waals surface area contributed by atoms with Gasteiger partial charge in [0.05, 0.1) is 11.4 Å². The van der Waals surface area contributed by atoms with Crippen LogP contribution in [0.4, 0.5) is 4.79 Å². The summed E-state index contributed by atoms with van der Waals surface area (Å²) < 4.78 is 6.89. The molecule has 0 saturated carbocycles. The molecule has 2 heterocycles. The molecular formula is C22H14BrCl2NO3S. The highest BCUT2D eigenvalue weighted by Crippen LogP contribution is 2.35. The van der Waals surface area contributed by atoms with Crippen molar-refractivity contribution in [2.45, 2.75) is 13.5 Å². The minimum atomic E-state index is -0.381. The molecule has 1 fully saturated rings. The molecule has 0 atom stereocenters. The third-order valence-corrected chi connectivity index (χ3v) is 6.94. The second kappa shape index (κ2) is 8.63. The second-order valence-electron chi connectivity index (χ2n) is 6.67. The number of benzene rings is 2. The van der Waals surface area contributed by atoms with E-state index in [9.17, 15) is 9.59 Å². The summed E-state index contributed by atoms with van der Waals surface area (Å²) in [6.07, 6.45) is 1.59. The van der Waals surface area contributed by atoms with Crippen molar-refractivity contribution >= 4 is 68.1 Å². The van der Waals surface area contributed by atoms with E-state index in [0.717, 1.165) is 32.3 Å². The summed E-state index contributed by atoms with van der Waals surface area (Å²) in [7, 11) is 0. The molecule has 4 nitrogen and oxygen atoms in total. The summed E-state index contributed by atoms with van der Waals surface area (Å²) in [6, 6.07) is 14.5. The van der Waals surface area contributed by atoms with Gasteiger partial charge in [0.2, 0.25) is 0 Å². The van der Waals surface area contributed by atoms with Gasteiger partial charge in [-0.1, -0.05) is 51.3 Å². The molecule has 0 aliphatic carbocycles. The largest absolute Gasteiger partial charge is 0.457 e. The molecule has 4 rings (SSSR count). The SMILES string of the molecule is Cc1cc(-c2ccc(/C=C3\SC(=O)N(Cc4ccc(Cl)cc4Cl)C3=O)o2)ccc1Br. The number of hydrogen-bond donors (Lipinski definition) is 0. The highest BCUT2D eigenvalue weighted by molar-refractivity contribution is 9.10. The van der Waals surface area contributed by atoms with Crippen LogP contribution in [0.1, 0.15) is 16.9 Å². The first-order valence-electron chi connectivity index (χ1n) is 8.87. The van der Waals surface area contributed by atoms with Crippen molar-refractivity contribution in [3.05, 3.63) is 84.8 Å². The molecule has 152 valence electrons. The van der Waals surface area contributed by atoms with Gasteiger partial charge < -0.3 is 4.42 Å². The average Bonchev–Trinajstić information content (AvgIpc) is 3.26. The Morgan fingerprint density at radius 3 is 2.63 bits per heavy atom. The van der Waals surface area contributed by atoms with E-state index >= 15 is 0 Å². The number of carbonyl (C=O) groups excluding carboxylic acids is 2. The summed E-state index contributed by atoms with van der Waals surface area (Å²) in [5.41, 5.74) is 2.67. The summed E-state index contributed by atoms with van der Waals surface area (Å²) in [4.78, 5) is 26.6. The zero-order chi connectivity index (χ0) is 21.4. The van der Waals surface area contributed by atoms with Crippen LogP contribution in [-0.2, 0) is 11.3 Å². The molecule has 1 aliphatic heterocycles. The van der Waals surface area contributed by atoms with Gasteiger partial charge in [0.25, 0.3) is 11.1 Å². The molecule has 0 radical (unpaired) electrons. The Hall–Kier alpha value is -1.99. The Balaban J connectivity index is 1.55. The summed E-state index contributed by atoms with van der Waals surface area (Å²) in [5.74, 6) is 0.804. The molecule has 30 heavy (non-hydrogen) atoms. The molecule has 3 aromatic rings. The minimum Gasteiger partial charge on any atom is -0.457 e. The molecule has 2 aromatic carbocycles. The maximum Gasteiger partial charge on any atom is 0.293 e. The van der Waals surface area contributed by atoms with Crippen LogP contribution in [0.5, 0.6) is 0 Å².